The first-order valence-corrected chi connectivity index (χ1v) is 6.86. The number of aromatic nitrogens is 5. The molecule has 1 N–H and O–H groups in total. The summed E-state index contributed by atoms with van der Waals surface area (Å²) in [6.07, 6.45) is 3.93. The Morgan fingerprint density at radius 1 is 1.14 bits per heavy atom. The largest absolute Gasteiger partial charge is 0.369 e. The molecule has 3 heterocycles. The summed E-state index contributed by atoms with van der Waals surface area (Å²) in [5, 5.41) is 7.15. The summed E-state index contributed by atoms with van der Waals surface area (Å²) in [5.74, 6) is 2.40. The molecule has 0 saturated carbocycles. The molecule has 0 saturated heterocycles. The van der Waals surface area contributed by atoms with Gasteiger partial charge in [0.25, 0.3) is 0 Å². The topological polar surface area (TPSA) is 89.6 Å². The van der Waals surface area contributed by atoms with E-state index in [4.69, 9.17) is 4.52 Å². The molecule has 0 aliphatic heterocycles. The third-order valence-electron chi connectivity index (χ3n) is 2.98. The smallest absolute Gasteiger partial charge is 0.228 e. The third kappa shape index (κ3) is 3.13. The number of anilines is 1. The lowest BCUT2D eigenvalue weighted by Crippen LogP contribution is -2.07. The Kier molecular flexibility index (Phi) is 3.72. The molecule has 0 amide bonds. The van der Waals surface area contributed by atoms with Crippen LogP contribution < -0.4 is 5.32 Å². The van der Waals surface area contributed by atoms with Crippen molar-refractivity contribution in [1.29, 1.82) is 0 Å². The van der Waals surface area contributed by atoms with Crippen LogP contribution in [0, 0.1) is 0 Å². The van der Waals surface area contributed by atoms with Gasteiger partial charge in [0, 0.05) is 31.3 Å². The predicted octanol–water partition coefficient (Wildman–Crippen LogP) is 2.19. The number of nitrogens with one attached hydrogen (secondary N) is 1. The first kappa shape index (κ1) is 13.4. The highest BCUT2D eigenvalue weighted by Gasteiger charge is 2.09. The molecule has 0 fully saturated rings. The maximum atomic E-state index is 5.19. The van der Waals surface area contributed by atoms with E-state index in [0.717, 1.165) is 17.2 Å². The summed E-state index contributed by atoms with van der Waals surface area (Å²) in [6, 6.07) is 3.77. The Bertz CT molecular complexity index is 739. The molecule has 0 bridgehead atoms. The van der Waals surface area contributed by atoms with E-state index in [1.54, 1.807) is 12.4 Å². The maximum Gasteiger partial charge on any atom is 0.228 e. The van der Waals surface area contributed by atoms with Gasteiger partial charge in [-0.15, -0.1) is 0 Å². The van der Waals surface area contributed by atoms with Gasteiger partial charge in [-0.3, -0.25) is 4.98 Å². The lowest BCUT2D eigenvalue weighted by molar-refractivity contribution is 0.373. The van der Waals surface area contributed by atoms with Crippen molar-refractivity contribution in [1.82, 2.24) is 25.1 Å². The van der Waals surface area contributed by atoms with E-state index in [2.05, 4.69) is 30.4 Å². The first-order chi connectivity index (χ1) is 10.2. The summed E-state index contributed by atoms with van der Waals surface area (Å²) < 4.78 is 5.19. The van der Waals surface area contributed by atoms with Crippen LogP contribution in [0.3, 0.4) is 0 Å². The van der Waals surface area contributed by atoms with Crippen LogP contribution in [0.25, 0.3) is 11.2 Å². The van der Waals surface area contributed by atoms with Gasteiger partial charge >= 0.3 is 0 Å². The fourth-order valence-corrected chi connectivity index (χ4v) is 1.85. The van der Waals surface area contributed by atoms with Crippen LogP contribution in [0.15, 0.2) is 29.0 Å². The normalized spacial score (nSPS) is 11.2. The average Bonchev–Trinajstić information content (AvgIpc) is 2.96. The van der Waals surface area contributed by atoms with Gasteiger partial charge in [0.15, 0.2) is 11.5 Å². The molecule has 0 aromatic carbocycles. The van der Waals surface area contributed by atoms with Gasteiger partial charge in [-0.1, -0.05) is 19.0 Å². The Hall–Kier alpha value is -2.57. The number of fused-ring (bicyclic) bond motifs is 1. The third-order valence-corrected chi connectivity index (χ3v) is 2.98. The zero-order chi connectivity index (χ0) is 14.7. The van der Waals surface area contributed by atoms with Crippen LogP contribution in [0.1, 0.15) is 31.5 Å². The summed E-state index contributed by atoms with van der Waals surface area (Å²) >= 11 is 0. The lowest BCUT2D eigenvalue weighted by Gasteiger charge is -2.04. The second-order valence-electron chi connectivity index (χ2n) is 4.97. The second-order valence-corrected chi connectivity index (χ2v) is 4.97. The standard InChI is InChI=1S/C14H16N6O/c1-9(2)13-19-12(21-20-13)5-6-16-11-4-3-10-14(18-11)17-8-7-15-10/h3-4,7-9H,5-6H2,1-2H3,(H,16,17,18). The Morgan fingerprint density at radius 3 is 2.81 bits per heavy atom. The van der Waals surface area contributed by atoms with Crippen molar-refractivity contribution in [2.75, 3.05) is 11.9 Å². The van der Waals surface area contributed by atoms with Crippen LogP contribution in [0.5, 0.6) is 0 Å². The van der Waals surface area contributed by atoms with Gasteiger partial charge in [-0.05, 0) is 12.1 Å². The zero-order valence-electron chi connectivity index (χ0n) is 11.9. The maximum absolute atomic E-state index is 5.19. The minimum atomic E-state index is 0.274. The summed E-state index contributed by atoms with van der Waals surface area (Å²) in [6.45, 7) is 4.73. The van der Waals surface area contributed by atoms with Crippen molar-refractivity contribution >= 4 is 17.0 Å². The van der Waals surface area contributed by atoms with Crippen LogP contribution in [0.4, 0.5) is 5.82 Å². The van der Waals surface area contributed by atoms with Crippen LogP contribution in [-0.4, -0.2) is 31.6 Å². The summed E-state index contributed by atoms with van der Waals surface area (Å²) in [5.41, 5.74) is 1.41. The van der Waals surface area contributed by atoms with Crippen molar-refractivity contribution in [3.63, 3.8) is 0 Å². The molecule has 7 nitrogen and oxygen atoms in total. The second kappa shape index (κ2) is 5.82. The van der Waals surface area contributed by atoms with Crippen LogP contribution >= 0.6 is 0 Å². The molecule has 0 atom stereocenters. The van der Waals surface area contributed by atoms with Crippen molar-refractivity contribution in [3.8, 4) is 0 Å². The highest BCUT2D eigenvalue weighted by Crippen LogP contribution is 2.11. The molecular weight excluding hydrogens is 268 g/mol. The Morgan fingerprint density at radius 2 is 2.00 bits per heavy atom. The minimum Gasteiger partial charge on any atom is -0.369 e. The highest BCUT2D eigenvalue weighted by atomic mass is 16.5. The van der Waals surface area contributed by atoms with Gasteiger partial charge in [0.2, 0.25) is 5.89 Å². The fourth-order valence-electron chi connectivity index (χ4n) is 1.85. The molecule has 21 heavy (non-hydrogen) atoms. The van der Waals surface area contributed by atoms with Gasteiger partial charge < -0.3 is 9.84 Å². The highest BCUT2D eigenvalue weighted by molar-refractivity contribution is 5.71. The molecule has 0 unspecified atom stereocenters. The van der Waals surface area contributed by atoms with E-state index < -0.39 is 0 Å². The molecule has 0 spiro atoms. The number of hydrogen-bond acceptors (Lipinski definition) is 7. The zero-order valence-corrected chi connectivity index (χ0v) is 11.9. The average molecular weight is 284 g/mol. The van der Waals surface area contributed by atoms with E-state index >= 15 is 0 Å². The molecular formula is C14H16N6O. The van der Waals surface area contributed by atoms with E-state index in [0.29, 0.717) is 24.5 Å². The van der Waals surface area contributed by atoms with Crippen molar-refractivity contribution in [2.45, 2.75) is 26.2 Å². The molecule has 7 heteroatoms. The van der Waals surface area contributed by atoms with E-state index in [1.165, 1.54) is 0 Å². The predicted molar refractivity (Wildman–Crippen MR) is 77.9 cm³/mol. The fraction of sp³-hybridized carbons (Fsp3) is 0.357. The molecule has 0 aliphatic rings. The number of nitrogens with zero attached hydrogens (tertiary/aromatic N) is 5. The monoisotopic (exact) mass is 284 g/mol. The van der Waals surface area contributed by atoms with Crippen molar-refractivity contribution < 1.29 is 4.52 Å². The first-order valence-electron chi connectivity index (χ1n) is 6.86. The van der Waals surface area contributed by atoms with Gasteiger partial charge in [-0.25, -0.2) is 9.97 Å². The van der Waals surface area contributed by atoms with Gasteiger partial charge in [-0.2, -0.15) is 4.98 Å². The Balaban J connectivity index is 1.60. The van der Waals surface area contributed by atoms with Gasteiger partial charge in [0.1, 0.15) is 11.3 Å². The quantitative estimate of drug-likeness (QED) is 0.768. The summed E-state index contributed by atoms with van der Waals surface area (Å²) in [4.78, 5) is 17.1. The van der Waals surface area contributed by atoms with E-state index in [9.17, 15) is 0 Å². The number of hydrogen-bond donors (Lipinski definition) is 1. The lowest BCUT2D eigenvalue weighted by atomic mass is 10.2. The van der Waals surface area contributed by atoms with E-state index in [-0.39, 0.29) is 5.92 Å². The molecule has 0 radical (unpaired) electrons. The molecule has 0 aliphatic carbocycles. The van der Waals surface area contributed by atoms with Crippen molar-refractivity contribution in [2.24, 2.45) is 0 Å². The molecule has 3 aromatic heterocycles. The Labute approximate surface area is 121 Å². The number of rotatable bonds is 5. The van der Waals surface area contributed by atoms with Crippen LogP contribution in [-0.2, 0) is 6.42 Å². The molecule has 3 aromatic rings. The number of pyridine rings is 1. The van der Waals surface area contributed by atoms with Crippen molar-refractivity contribution in [3.05, 3.63) is 36.2 Å². The van der Waals surface area contributed by atoms with E-state index in [1.807, 2.05) is 26.0 Å². The molecule has 3 rings (SSSR count). The minimum absolute atomic E-state index is 0.274. The SMILES string of the molecule is CC(C)c1noc(CCNc2ccc3nccnc3n2)n1. The molecule has 108 valence electrons. The van der Waals surface area contributed by atoms with Crippen LogP contribution in [0.2, 0.25) is 0 Å². The van der Waals surface area contributed by atoms with Gasteiger partial charge in [0.05, 0.1) is 0 Å². The summed E-state index contributed by atoms with van der Waals surface area (Å²) in [7, 11) is 0.